The lowest BCUT2D eigenvalue weighted by molar-refractivity contribution is 0.0993. The van der Waals surface area contributed by atoms with Gasteiger partial charge >= 0.3 is 0 Å². The molecule has 0 atom stereocenters. The third-order valence-electron chi connectivity index (χ3n) is 8.23. The number of Topliss-reactive ketones (excluding diaryl/α,β-unsaturated/α-hetero) is 1. The molecule has 0 aliphatic rings. The second-order valence-corrected chi connectivity index (χ2v) is 12.2. The minimum Gasteiger partial charge on any atom is -0.457 e. The van der Waals surface area contributed by atoms with Gasteiger partial charge in [0.1, 0.15) is 34.5 Å². The highest BCUT2D eigenvalue weighted by Crippen LogP contribution is 2.26. The number of hydrogen-bond donors (Lipinski definition) is 2. The summed E-state index contributed by atoms with van der Waals surface area (Å²) in [7, 11) is 0. The Hall–Kier alpha value is -7.45. The summed E-state index contributed by atoms with van der Waals surface area (Å²) in [4.78, 5) is 40.9. The van der Waals surface area contributed by atoms with Crippen LogP contribution in [-0.2, 0) is 6.42 Å². The van der Waals surface area contributed by atoms with Gasteiger partial charge in [0.2, 0.25) is 0 Å². The number of anilines is 2. The van der Waals surface area contributed by atoms with Gasteiger partial charge in [-0.1, -0.05) is 66.7 Å². The summed E-state index contributed by atoms with van der Waals surface area (Å²) in [5, 5.41) is 5.74. The fraction of sp³-hybridized carbons (Fsp3) is 0.0217. The average molecular weight is 711 g/mol. The lowest BCUT2D eigenvalue weighted by Gasteiger charge is -2.12. The van der Waals surface area contributed by atoms with Gasteiger partial charge in [0, 0.05) is 34.5 Å². The number of amides is 2. The highest BCUT2D eigenvalue weighted by molar-refractivity contribution is 6.11. The van der Waals surface area contributed by atoms with Gasteiger partial charge in [0.25, 0.3) is 11.8 Å². The number of para-hydroxylation sites is 3. The molecule has 0 aliphatic heterocycles. The number of ketones is 1. The zero-order chi connectivity index (χ0) is 37.1. The molecule has 0 fully saturated rings. The summed E-state index contributed by atoms with van der Waals surface area (Å²) < 4.78 is 17.6. The van der Waals surface area contributed by atoms with E-state index < -0.39 is 11.8 Å². The monoisotopic (exact) mass is 710 g/mol. The summed E-state index contributed by atoms with van der Waals surface area (Å²) >= 11 is 0. The Bertz CT molecular complexity index is 2070. The van der Waals surface area contributed by atoms with Gasteiger partial charge in [-0.25, -0.2) is 0 Å². The van der Waals surface area contributed by atoms with E-state index in [0.717, 1.165) is 5.56 Å². The van der Waals surface area contributed by atoms with Crippen molar-refractivity contribution >= 4 is 29.0 Å². The zero-order valence-electron chi connectivity index (χ0n) is 29.0. The van der Waals surface area contributed by atoms with Crippen LogP contribution >= 0.6 is 0 Å². The van der Waals surface area contributed by atoms with Crippen LogP contribution in [-0.4, -0.2) is 17.6 Å². The molecule has 2 amide bonds. The van der Waals surface area contributed by atoms with Crippen LogP contribution in [0, 0.1) is 0 Å². The summed E-state index contributed by atoms with van der Waals surface area (Å²) in [5.74, 6) is 2.68. The Morgan fingerprint density at radius 2 is 0.685 bits per heavy atom. The molecule has 54 heavy (non-hydrogen) atoms. The molecule has 0 radical (unpaired) electrons. The van der Waals surface area contributed by atoms with Gasteiger partial charge in [-0.3, -0.25) is 14.4 Å². The van der Waals surface area contributed by atoms with Crippen molar-refractivity contribution < 1.29 is 28.6 Å². The standard InChI is InChI=1S/C46H34N2O6/c49-44(28-32-16-22-41(23-17-32)52-38-10-4-1-5-11-38)33-29-34(45(50)47-36-18-24-42(25-19-36)53-39-12-6-2-7-13-39)31-35(30-33)46(51)48-37-20-26-43(27-21-37)54-40-14-8-3-9-15-40/h1-27,29-31H,28H2,(H,47,50)(H,48,51). The number of nitrogens with one attached hydrogen (secondary N) is 2. The van der Waals surface area contributed by atoms with Crippen LogP contribution in [0.25, 0.3) is 0 Å². The summed E-state index contributed by atoms with van der Waals surface area (Å²) in [6, 6.07) is 53.7. The average Bonchev–Trinajstić information content (AvgIpc) is 3.21. The van der Waals surface area contributed by atoms with E-state index in [9.17, 15) is 14.4 Å². The van der Waals surface area contributed by atoms with Crippen LogP contribution in [0.4, 0.5) is 11.4 Å². The first-order valence-electron chi connectivity index (χ1n) is 17.2. The van der Waals surface area contributed by atoms with Crippen LogP contribution < -0.4 is 24.8 Å². The van der Waals surface area contributed by atoms with E-state index in [1.54, 1.807) is 60.7 Å². The Morgan fingerprint density at radius 3 is 1.06 bits per heavy atom. The maximum absolute atomic E-state index is 13.7. The molecule has 0 aliphatic carbocycles. The van der Waals surface area contributed by atoms with Crippen LogP contribution in [0.2, 0.25) is 0 Å². The van der Waals surface area contributed by atoms with Crippen LogP contribution in [0.3, 0.4) is 0 Å². The minimum atomic E-state index is -0.486. The Morgan fingerprint density at radius 1 is 0.370 bits per heavy atom. The van der Waals surface area contributed by atoms with Crippen molar-refractivity contribution in [2.24, 2.45) is 0 Å². The molecule has 7 aromatic carbocycles. The number of rotatable bonds is 13. The van der Waals surface area contributed by atoms with Crippen molar-refractivity contribution in [3.63, 3.8) is 0 Å². The quantitative estimate of drug-likeness (QED) is 0.115. The molecule has 8 heteroatoms. The number of ether oxygens (including phenoxy) is 3. The first-order chi connectivity index (χ1) is 26.4. The molecule has 0 saturated heterocycles. The molecule has 7 rings (SSSR count). The molecule has 0 spiro atoms. The fourth-order valence-corrected chi connectivity index (χ4v) is 5.51. The molecule has 7 aromatic rings. The van der Waals surface area contributed by atoms with Crippen molar-refractivity contribution in [2.45, 2.75) is 6.42 Å². The number of hydrogen-bond acceptors (Lipinski definition) is 6. The lowest BCUT2D eigenvalue weighted by atomic mass is 9.97. The Kier molecular flexibility index (Phi) is 10.8. The smallest absolute Gasteiger partial charge is 0.255 e. The third-order valence-corrected chi connectivity index (χ3v) is 8.23. The Balaban J connectivity index is 1.09. The fourth-order valence-electron chi connectivity index (χ4n) is 5.51. The molecule has 0 unspecified atom stereocenters. The van der Waals surface area contributed by atoms with Crippen LogP contribution in [0.15, 0.2) is 182 Å². The first-order valence-corrected chi connectivity index (χ1v) is 17.2. The topological polar surface area (TPSA) is 103 Å². The van der Waals surface area contributed by atoms with Crippen molar-refractivity contribution in [3.05, 3.63) is 204 Å². The van der Waals surface area contributed by atoms with E-state index in [1.807, 2.05) is 103 Å². The van der Waals surface area contributed by atoms with E-state index in [0.29, 0.717) is 45.9 Å². The maximum Gasteiger partial charge on any atom is 0.255 e. The largest absolute Gasteiger partial charge is 0.457 e. The van der Waals surface area contributed by atoms with E-state index in [-0.39, 0.29) is 28.9 Å². The van der Waals surface area contributed by atoms with Crippen molar-refractivity contribution in [1.82, 2.24) is 0 Å². The summed E-state index contributed by atoms with van der Waals surface area (Å²) in [5.41, 5.74) is 2.28. The predicted octanol–water partition coefficient (Wildman–Crippen LogP) is 11.0. The number of benzene rings is 7. The van der Waals surface area contributed by atoms with Crippen molar-refractivity contribution in [2.75, 3.05) is 10.6 Å². The highest BCUT2D eigenvalue weighted by Gasteiger charge is 2.18. The molecular weight excluding hydrogens is 677 g/mol. The second-order valence-electron chi connectivity index (χ2n) is 12.2. The van der Waals surface area contributed by atoms with Gasteiger partial charge in [0.15, 0.2) is 5.78 Å². The zero-order valence-corrected chi connectivity index (χ0v) is 29.0. The number of carbonyl (C=O) groups is 3. The summed E-state index contributed by atoms with van der Waals surface area (Å²) in [6.45, 7) is 0. The molecule has 8 nitrogen and oxygen atoms in total. The molecule has 2 N–H and O–H groups in total. The molecule has 0 aromatic heterocycles. The maximum atomic E-state index is 13.7. The van der Waals surface area contributed by atoms with Gasteiger partial charge < -0.3 is 24.8 Å². The second kappa shape index (κ2) is 16.7. The molecule has 264 valence electrons. The Labute approximate surface area is 312 Å². The highest BCUT2D eigenvalue weighted by atomic mass is 16.5. The number of carbonyl (C=O) groups excluding carboxylic acids is 3. The SMILES string of the molecule is O=C(Cc1ccc(Oc2ccccc2)cc1)c1cc(C(=O)Nc2ccc(Oc3ccccc3)cc2)cc(C(=O)Nc2ccc(Oc3ccccc3)cc2)c1. The molecule has 0 saturated carbocycles. The van der Waals surface area contributed by atoms with Crippen LogP contribution in [0.1, 0.15) is 36.6 Å². The van der Waals surface area contributed by atoms with Crippen LogP contribution in [0.5, 0.6) is 34.5 Å². The van der Waals surface area contributed by atoms with E-state index in [4.69, 9.17) is 14.2 Å². The lowest BCUT2D eigenvalue weighted by Crippen LogP contribution is -2.18. The van der Waals surface area contributed by atoms with Gasteiger partial charge in [-0.05, 0) is 121 Å². The predicted molar refractivity (Wildman–Crippen MR) is 209 cm³/mol. The third kappa shape index (κ3) is 9.45. The molecule has 0 bridgehead atoms. The van der Waals surface area contributed by atoms with Crippen molar-refractivity contribution in [1.29, 1.82) is 0 Å². The molecular formula is C46H34N2O6. The van der Waals surface area contributed by atoms with Crippen molar-refractivity contribution in [3.8, 4) is 34.5 Å². The minimum absolute atomic E-state index is 0.0451. The first kappa shape index (κ1) is 35.0. The van der Waals surface area contributed by atoms with E-state index in [1.165, 1.54) is 18.2 Å². The van der Waals surface area contributed by atoms with Gasteiger partial charge in [0.05, 0.1) is 0 Å². The summed E-state index contributed by atoms with van der Waals surface area (Å²) in [6.07, 6.45) is 0.0451. The normalized spacial score (nSPS) is 10.5. The van der Waals surface area contributed by atoms with Gasteiger partial charge in [-0.15, -0.1) is 0 Å². The van der Waals surface area contributed by atoms with E-state index >= 15 is 0 Å². The van der Waals surface area contributed by atoms with Gasteiger partial charge in [-0.2, -0.15) is 0 Å². The molecule has 0 heterocycles. The van der Waals surface area contributed by atoms with E-state index in [2.05, 4.69) is 10.6 Å².